The predicted octanol–water partition coefficient (Wildman–Crippen LogP) is 4.16. The number of carbonyl (C=O) groups excluding carboxylic acids is 1. The summed E-state index contributed by atoms with van der Waals surface area (Å²) in [5, 5.41) is 0. The third-order valence-corrected chi connectivity index (χ3v) is 7.07. The van der Waals surface area contributed by atoms with Gasteiger partial charge in [0, 0.05) is 26.0 Å². The Labute approximate surface area is 192 Å². The van der Waals surface area contributed by atoms with E-state index in [0.29, 0.717) is 17.5 Å². The minimum Gasteiger partial charge on any atom is -0.330 e. The van der Waals surface area contributed by atoms with Gasteiger partial charge < -0.3 is 4.90 Å². The molecule has 2 aromatic carbocycles. The quantitative estimate of drug-likeness (QED) is 0.468. The molecule has 0 fully saturated rings. The van der Waals surface area contributed by atoms with Crippen molar-refractivity contribution in [3.8, 4) is 0 Å². The predicted molar refractivity (Wildman–Crippen MR) is 120 cm³/mol. The second kappa shape index (κ2) is 10.6. The molecule has 1 atom stereocenters. The molecular formula is C24H25F2N3O3S. The molecule has 3 aromatic rings. The van der Waals surface area contributed by atoms with Crippen LogP contribution in [0.15, 0.2) is 78.0 Å². The molecule has 0 saturated carbocycles. The lowest BCUT2D eigenvalue weighted by molar-refractivity contribution is -0.134. The van der Waals surface area contributed by atoms with E-state index in [1.54, 1.807) is 24.3 Å². The topological polar surface area (TPSA) is 70.6 Å². The summed E-state index contributed by atoms with van der Waals surface area (Å²) in [6.45, 7) is 1.51. The second-order valence-corrected chi connectivity index (χ2v) is 9.62. The third-order valence-electron chi connectivity index (χ3n) is 5.28. The number of halogens is 2. The van der Waals surface area contributed by atoms with Crippen molar-refractivity contribution in [1.29, 1.82) is 0 Å². The molecule has 0 saturated heterocycles. The van der Waals surface area contributed by atoms with Gasteiger partial charge in [-0.25, -0.2) is 17.2 Å². The van der Waals surface area contributed by atoms with Crippen molar-refractivity contribution in [3.05, 3.63) is 95.8 Å². The van der Waals surface area contributed by atoms with E-state index in [9.17, 15) is 22.0 Å². The highest BCUT2D eigenvalue weighted by Gasteiger charge is 2.29. The smallest absolute Gasteiger partial charge is 0.244 e. The number of nitrogens with zero attached hydrogens (tertiary/aromatic N) is 3. The second-order valence-electron chi connectivity index (χ2n) is 7.58. The van der Waals surface area contributed by atoms with Crippen LogP contribution >= 0.6 is 0 Å². The number of sulfonamides is 1. The summed E-state index contributed by atoms with van der Waals surface area (Å²) < 4.78 is 53.9. The normalized spacial score (nSPS) is 12.5. The summed E-state index contributed by atoms with van der Waals surface area (Å²) in [4.78, 5) is 18.7. The zero-order valence-electron chi connectivity index (χ0n) is 18.4. The zero-order chi connectivity index (χ0) is 24.0. The van der Waals surface area contributed by atoms with Gasteiger partial charge in [0.2, 0.25) is 15.9 Å². The van der Waals surface area contributed by atoms with E-state index in [-0.39, 0.29) is 11.4 Å². The third kappa shape index (κ3) is 6.00. The number of rotatable bonds is 9. The minimum absolute atomic E-state index is 0.0254. The lowest BCUT2D eigenvalue weighted by Gasteiger charge is -2.33. The monoisotopic (exact) mass is 473 g/mol. The Kier molecular flexibility index (Phi) is 7.88. The van der Waals surface area contributed by atoms with Gasteiger partial charge in [0.15, 0.2) is 0 Å². The van der Waals surface area contributed by atoms with Gasteiger partial charge in [-0.1, -0.05) is 31.2 Å². The van der Waals surface area contributed by atoms with E-state index in [1.807, 2.05) is 6.92 Å². The maximum atomic E-state index is 13.8. The van der Waals surface area contributed by atoms with Gasteiger partial charge in [-0.3, -0.25) is 9.78 Å². The summed E-state index contributed by atoms with van der Waals surface area (Å²) in [5.41, 5.74) is 1.25. The number of carbonyl (C=O) groups is 1. The van der Waals surface area contributed by atoms with E-state index < -0.39 is 40.2 Å². The van der Waals surface area contributed by atoms with Crippen LogP contribution in [0.2, 0.25) is 0 Å². The molecule has 3 rings (SSSR count). The average molecular weight is 474 g/mol. The number of pyridine rings is 1. The SMILES string of the molecule is CCC(c1ccc(F)cc1)N(Cc1cccc(F)c1)C(=O)CN(C)S(=O)(=O)c1cccnc1. The Hall–Kier alpha value is -3.17. The van der Waals surface area contributed by atoms with Gasteiger partial charge in [0.1, 0.15) is 16.5 Å². The van der Waals surface area contributed by atoms with Gasteiger partial charge in [-0.05, 0) is 53.9 Å². The first-order valence-corrected chi connectivity index (χ1v) is 11.8. The Morgan fingerprint density at radius 1 is 1.03 bits per heavy atom. The number of aromatic nitrogens is 1. The Morgan fingerprint density at radius 3 is 2.36 bits per heavy atom. The summed E-state index contributed by atoms with van der Waals surface area (Å²) in [6.07, 6.45) is 3.17. The van der Waals surface area contributed by atoms with Gasteiger partial charge in [0.05, 0.1) is 12.6 Å². The molecule has 0 radical (unpaired) electrons. The highest BCUT2D eigenvalue weighted by Crippen LogP contribution is 2.27. The molecular weight excluding hydrogens is 448 g/mol. The molecule has 0 N–H and O–H groups in total. The maximum Gasteiger partial charge on any atom is 0.244 e. The van der Waals surface area contributed by atoms with E-state index >= 15 is 0 Å². The van der Waals surface area contributed by atoms with E-state index in [1.165, 1.54) is 60.7 Å². The lowest BCUT2D eigenvalue weighted by atomic mass is 10.0. The van der Waals surface area contributed by atoms with Crippen molar-refractivity contribution in [3.63, 3.8) is 0 Å². The van der Waals surface area contributed by atoms with Gasteiger partial charge in [0.25, 0.3) is 0 Å². The maximum absolute atomic E-state index is 13.8. The average Bonchev–Trinajstić information content (AvgIpc) is 2.80. The Morgan fingerprint density at radius 2 is 1.76 bits per heavy atom. The van der Waals surface area contributed by atoms with E-state index in [2.05, 4.69) is 4.98 Å². The van der Waals surface area contributed by atoms with Gasteiger partial charge in [-0.2, -0.15) is 4.31 Å². The zero-order valence-corrected chi connectivity index (χ0v) is 19.2. The fourth-order valence-corrected chi connectivity index (χ4v) is 4.66. The molecule has 1 aromatic heterocycles. The Balaban J connectivity index is 1.92. The van der Waals surface area contributed by atoms with Crippen molar-refractivity contribution in [2.45, 2.75) is 30.8 Å². The van der Waals surface area contributed by atoms with Gasteiger partial charge >= 0.3 is 0 Å². The van der Waals surface area contributed by atoms with Crippen molar-refractivity contribution in [1.82, 2.24) is 14.2 Å². The molecule has 174 valence electrons. The first-order chi connectivity index (χ1) is 15.7. The molecule has 0 bridgehead atoms. The first-order valence-electron chi connectivity index (χ1n) is 10.4. The highest BCUT2D eigenvalue weighted by molar-refractivity contribution is 7.89. The van der Waals surface area contributed by atoms with Crippen LogP contribution in [0.5, 0.6) is 0 Å². The number of hydrogen-bond donors (Lipinski definition) is 0. The van der Waals surface area contributed by atoms with E-state index in [0.717, 1.165) is 4.31 Å². The molecule has 6 nitrogen and oxygen atoms in total. The molecule has 9 heteroatoms. The molecule has 0 spiro atoms. The van der Waals surface area contributed by atoms with Crippen LogP contribution in [0.4, 0.5) is 8.78 Å². The van der Waals surface area contributed by atoms with Crippen molar-refractivity contribution < 1.29 is 22.0 Å². The Bertz CT molecular complexity index is 1190. The van der Waals surface area contributed by atoms with Crippen LogP contribution < -0.4 is 0 Å². The number of likely N-dealkylation sites (N-methyl/N-ethyl adjacent to an activating group) is 1. The summed E-state index contributed by atoms with van der Waals surface area (Å²) in [7, 11) is -2.62. The molecule has 1 unspecified atom stereocenters. The van der Waals surface area contributed by atoms with Crippen LogP contribution in [0, 0.1) is 11.6 Å². The molecule has 33 heavy (non-hydrogen) atoms. The minimum atomic E-state index is -3.94. The summed E-state index contributed by atoms with van der Waals surface area (Å²) in [6, 6.07) is 14.1. The first kappa shape index (κ1) is 24.5. The van der Waals surface area contributed by atoms with Crippen molar-refractivity contribution in [2.75, 3.05) is 13.6 Å². The van der Waals surface area contributed by atoms with Crippen LogP contribution in [0.3, 0.4) is 0 Å². The lowest BCUT2D eigenvalue weighted by Crippen LogP contribution is -2.42. The largest absolute Gasteiger partial charge is 0.330 e. The fraction of sp³-hybridized carbons (Fsp3) is 0.250. The molecule has 0 aliphatic heterocycles. The molecule has 0 aliphatic rings. The number of benzene rings is 2. The van der Waals surface area contributed by atoms with Crippen LogP contribution in [0.1, 0.15) is 30.5 Å². The van der Waals surface area contributed by atoms with Gasteiger partial charge in [-0.15, -0.1) is 0 Å². The van der Waals surface area contributed by atoms with Crippen molar-refractivity contribution in [2.24, 2.45) is 0 Å². The number of hydrogen-bond acceptors (Lipinski definition) is 4. The van der Waals surface area contributed by atoms with Crippen LogP contribution in [-0.4, -0.2) is 42.1 Å². The van der Waals surface area contributed by atoms with Crippen LogP contribution in [0.25, 0.3) is 0 Å². The van der Waals surface area contributed by atoms with E-state index in [4.69, 9.17) is 0 Å². The molecule has 1 amide bonds. The number of amides is 1. The molecule has 0 aliphatic carbocycles. The van der Waals surface area contributed by atoms with Crippen LogP contribution in [-0.2, 0) is 21.4 Å². The highest BCUT2D eigenvalue weighted by atomic mass is 32.2. The summed E-state index contributed by atoms with van der Waals surface area (Å²) in [5.74, 6) is -1.31. The summed E-state index contributed by atoms with van der Waals surface area (Å²) >= 11 is 0. The fourth-order valence-electron chi connectivity index (χ4n) is 3.57. The molecule has 1 heterocycles. The standard InChI is InChI=1S/C24H25F2N3O3S/c1-3-23(19-9-11-20(25)12-10-19)29(16-18-6-4-7-21(26)14-18)24(30)17-28(2)33(31,32)22-8-5-13-27-15-22/h4-15,23H,3,16-17H2,1-2H3. The van der Waals surface area contributed by atoms with Crippen molar-refractivity contribution >= 4 is 15.9 Å².